The first-order chi connectivity index (χ1) is 17.5. The van der Waals surface area contributed by atoms with E-state index in [1.807, 2.05) is 12.1 Å². The molecule has 0 aliphatic rings. The van der Waals surface area contributed by atoms with Gasteiger partial charge >= 0.3 is 0 Å². The highest BCUT2D eigenvalue weighted by Crippen LogP contribution is 2.21. The van der Waals surface area contributed by atoms with Crippen LogP contribution < -0.4 is 10.9 Å². The smallest absolute Gasteiger partial charge is 0.253 e. The van der Waals surface area contributed by atoms with E-state index in [-0.39, 0.29) is 37.0 Å². The van der Waals surface area contributed by atoms with Crippen molar-refractivity contribution in [2.24, 2.45) is 0 Å². The predicted molar refractivity (Wildman–Crippen MR) is 143 cm³/mol. The molecule has 10 heteroatoms. The second-order valence-electron chi connectivity index (χ2n) is 8.40. The predicted octanol–water partition coefficient (Wildman–Crippen LogP) is 4.90. The van der Waals surface area contributed by atoms with Crippen molar-refractivity contribution in [3.63, 3.8) is 0 Å². The summed E-state index contributed by atoms with van der Waals surface area (Å²) in [6.45, 7) is 0.401. The number of nitrogens with zero attached hydrogens (tertiary/aromatic N) is 3. The van der Waals surface area contributed by atoms with E-state index in [1.165, 1.54) is 22.9 Å². The van der Waals surface area contributed by atoms with Gasteiger partial charge in [0.05, 0.1) is 29.9 Å². The number of rotatable bonds is 7. The van der Waals surface area contributed by atoms with Crippen LogP contribution in [0.1, 0.15) is 32.7 Å². The van der Waals surface area contributed by atoms with Gasteiger partial charge in [-0.15, -0.1) is 12.4 Å². The largest absolute Gasteiger partial charge is 0.346 e. The summed E-state index contributed by atoms with van der Waals surface area (Å²) < 4.78 is 16.2. The molecule has 0 saturated heterocycles. The van der Waals surface area contributed by atoms with E-state index >= 15 is 0 Å². The average Bonchev–Trinajstić information content (AvgIpc) is 3.27. The van der Waals surface area contributed by atoms with Gasteiger partial charge in [0, 0.05) is 40.6 Å². The van der Waals surface area contributed by atoms with Crippen molar-refractivity contribution in [1.82, 2.24) is 25.1 Å². The summed E-state index contributed by atoms with van der Waals surface area (Å²) in [6.07, 6.45) is 5.17. The lowest BCUT2D eigenvalue weighted by atomic mass is 10.0. The summed E-state index contributed by atoms with van der Waals surface area (Å²) in [6, 6.07) is 16.9. The van der Waals surface area contributed by atoms with E-state index < -0.39 is 5.82 Å². The number of aromatic nitrogens is 4. The lowest BCUT2D eigenvalue weighted by Gasteiger charge is -2.09. The van der Waals surface area contributed by atoms with Crippen LogP contribution in [0.5, 0.6) is 0 Å². The Hall–Kier alpha value is -4.01. The number of carbonyl (C=O) groups excluding carboxylic acids is 1. The Labute approximate surface area is 222 Å². The van der Waals surface area contributed by atoms with Gasteiger partial charge in [0.1, 0.15) is 5.82 Å². The van der Waals surface area contributed by atoms with Crippen LogP contribution in [0.2, 0.25) is 5.02 Å². The van der Waals surface area contributed by atoms with E-state index in [9.17, 15) is 14.0 Å². The van der Waals surface area contributed by atoms with Crippen molar-refractivity contribution in [3.8, 4) is 0 Å². The molecule has 7 nitrogen and oxygen atoms in total. The second kappa shape index (κ2) is 11.4. The molecule has 3 heterocycles. The lowest BCUT2D eigenvalue weighted by molar-refractivity contribution is 0.0950. The molecule has 1 amide bonds. The molecular formula is C27H22Cl2FN5O2. The maximum absolute atomic E-state index is 14.7. The van der Waals surface area contributed by atoms with Gasteiger partial charge in [0.15, 0.2) is 0 Å². The minimum Gasteiger partial charge on any atom is -0.346 e. The normalized spacial score (nSPS) is 10.8. The fourth-order valence-electron chi connectivity index (χ4n) is 3.99. The third-order valence-corrected chi connectivity index (χ3v) is 6.08. The van der Waals surface area contributed by atoms with Crippen LogP contribution in [0.3, 0.4) is 0 Å². The Bertz CT molecular complexity index is 1630. The zero-order valence-electron chi connectivity index (χ0n) is 19.4. The number of hydrogen-bond acceptors (Lipinski definition) is 4. The molecule has 2 N–H and O–H groups in total. The van der Waals surface area contributed by atoms with Crippen LogP contribution in [0.15, 0.2) is 84.0 Å². The van der Waals surface area contributed by atoms with Gasteiger partial charge in [0.25, 0.3) is 11.5 Å². The summed E-state index contributed by atoms with van der Waals surface area (Å²) in [5.41, 5.74) is 3.65. The average molecular weight is 538 g/mol. The molecule has 0 bridgehead atoms. The summed E-state index contributed by atoms with van der Waals surface area (Å²) in [5, 5.41) is 11.4. The van der Waals surface area contributed by atoms with E-state index in [2.05, 4.69) is 20.5 Å². The minimum absolute atomic E-state index is 0. The van der Waals surface area contributed by atoms with Crippen LogP contribution in [-0.4, -0.2) is 25.7 Å². The maximum Gasteiger partial charge on any atom is 0.253 e. The summed E-state index contributed by atoms with van der Waals surface area (Å²) >= 11 is 6.08. The first-order valence-corrected chi connectivity index (χ1v) is 11.6. The van der Waals surface area contributed by atoms with Gasteiger partial charge < -0.3 is 9.88 Å². The van der Waals surface area contributed by atoms with Crippen molar-refractivity contribution in [2.45, 2.75) is 19.5 Å². The van der Waals surface area contributed by atoms with E-state index in [4.69, 9.17) is 11.6 Å². The number of fused-ring (bicyclic) bond motifs is 1. The van der Waals surface area contributed by atoms with Crippen molar-refractivity contribution < 1.29 is 9.18 Å². The SMILES string of the molecule is Cl.O=C(NCc1[nH]nc2ccc(Cl)cc12)c1cncc(Cc2ccc(Cn3ccccc3=O)c(F)c2)c1. The van der Waals surface area contributed by atoms with Crippen molar-refractivity contribution in [2.75, 3.05) is 0 Å². The quantitative estimate of drug-likeness (QED) is 0.308. The van der Waals surface area contributed by atoms with Gasteiger partial charge in [-0.3, -0.25) is 19.7 Å². The number of benzene rings is 2. The molecule has 3 aromatic heterocycles. The van der Waals surface area contributed by atoms with Crippen LogP contribution in [0, 0.1) is 5.82 Å². The first-order valence-electron chi connectivity index (χ1n) is 11.2. The first kappa shape index (κ1) is 26.1. The van der Waals surface area contributed by atoms with Crippen LogP contribution in [0.4, 0.5) is 4.39 Å². The highest BCUT2D eigenvalue weighted by Gasteiger charge is 2.12. The van der Waals surface area contributed by atoms with E-state index in [1.54, 1.807) is 48.8 Å². The monoisotopic (exact) mass is 537 g/mol. The Morgan fingerprint density at radius 3 is 2.73 bits per heavy atom. The molecule has 0 saturated carbocycles. The van der Waals surface area contributed by atoms with Gasteiger partial charge in [-0.05, 0) is 53.9 Å². The summed E-state index contributed by atoms with van der Waals surface area (Å²) in [4.78, 5) is 28.8. The summed E-state index contributed by atoms with van der Waals surface area (Å²) in [5.74, 6) is -0.680. The van der Waals surface area contributed by atoms with Crippen molar-refractivity contribution in [1.29, 1.82) is 0 Å². The Balaban J connectivity index is 0.00000320. The van der Waals surface area contributed by atoms with E-state index in [0.717, 1.165) is 27.7 Å². The van der Waals surface area contributed by atoms with Gasteiger partial charge in [-0.1, -0.05) is 29.8 Å². The molecule has 5 aromatic rings. The Morgan fingerprint density at radius 1 is 1.05 bits per heavy atom. The molecule has 0 atom stereocenters. The van der Waals surface area contributed by atoms with Crippen LogP contribution >= 0.6 is 24.0 Å². The topological polar surface area (TPSA) is 92.7 Å². The van der Waals surface area contributed by atoms with Gasteiger partial charge in [0.2, 0.25) is 0 Å². The maximum atomic E-state index is 14.7. The Morgan fingerprint density at radius 2 is 1.92 bits per heavy atom. The van der Waals surface area contributed by atoms with Crippen molar-refractivity contribution >= 4 is 40.8 Å². The van der Waals surface area contributed by atoms with Crippen LogP contribution in [0.25, 0.3) is 10.9 Å². The van der Waals surface area contributed by atoms with E-state index in [0.29, 0.717) is 22.6 Å². The molecule has 37 heavy (non-hydrogen) atoms. The zero-order valence-corrected chi connectivity index (χ0v) is 21.0. The molecule has 0 aliphatic carbocycles. The fourth-order valence-corrected chi connectivity index (χ4v) is 4.16. The summed E-state index contributed by atoms with van der Waals surface area (Å²) in [7, 11) is 0. The third-order valence-electron chi connectivity index (χ3n) is 5.84. The number of nitrogens with one attached hydrogen (secondary N) is 2. The lowest BCUT2D eigenvalue weighted by Crippen LogP contribution is -2.23. The fraction of sp³-hybridized carbons (Fsp3) is 0.111. The molecule has 0 aliphatic heterocycles. The van der Waals surface area contributed by atoms with Crippen molar-refractivity contribution in [3.05, 3.63) is 128 Å². The number of aromatic amines is 1. The molecule has 5 rings (SSSR count). The Kier molecular flexibility index (Phi) is 8.01. The van der Waals surface area contributed by atoms with Gasteiger partial charge in [-0.2, -0.15) is 5.10 Å². The molecule has 188 valence electrons. The highest BCUT2D eigenvalue weighted by atomic mass is 35.5. The number of hydrogen-bond donors (Lipinski definition) is 2. The zero-order chi connectivity index (χ0) is 25.1. The van der Waals surface area contributed by atoms with Gasteiger partial charge in [-0.25, -0.2) is 4.39 Å². The molecular weight excluding hydrogens is 516 g/mol. The number of halogens is 3. The highest BCUT2D eigenvalue weighted by molar-refractivity contribution is 6.31. The number of amides is 1. The molecule has 0 fully saturated rings. The molecule has 0 spiro atoms. The molecule has 2 aromatic carbocycles. The third kappa shape index (κ3) is 6.04. The standard InChI is InChI=1S/C27H21ClFN5O2.ClH/c28-21-6-7-24-22(12-21)25(33-32-24)15-31-27(36)20-10-18(13-30-14-20)9-17-4-5-19(23(29)11-17)16-34-8-2-1-3-26(34)35;/h1-8,10-14H,9,15-16H2,(H,31,36)(H,32,33);1H. The minimum atomic E-state index is -0.392. The number of pyridine rings is 2. The molecule has 0 unspecified atom stereocenters. The number of carbonyl (C=O) groups is 1. The molecule has 0 radical (unpaired) electrons. The van der Waals surface area contributed by atoms with Crippen LogP contribution in [-0.2, 0) is 19.5 Å². The second-order valence-corrected chi connectivity index (χ2v) is 8.83. The number of H-pyrrole nitrogens is 1.